The maximum absolute atomic E-state index is 12.4. The number of amidine groups is 1. The van der Waals surface area contributed by atoms with Crippen LogP contribution in [0.15, 0.2) is 76.3 Å². The van der Waals surface area contributed by atoms with Crippen molar-refractivity contribution in [3.05, 3.63) is 83.8 Å². The van der Waals surface area contributed by atoms with E-state index in [1.165, 1.54) is 28.5 Å². The molecule has 0 saturated carbocycles. The molecule has 0 bridgehead atoms. The number of carbonyl (C=O) groups is 1. The minimum atomic E-state index is -0.450. The van der Waals surface area contributed by atoms with E-state index < -0.39 is 5.91 Å². The van der Waals surface area contributed by atoms with Crippen molar-refractivity contribution in [3.63, 3.8) is 0 Å². The van der Waals surface area contributed by atoms with E-state index >= 15 is 0 Å². The molecule has 0 aliphatic carbocycles. The lowest BCUT2D eigenvalue weighted by Gasteiger charge is -2.24. The molecule has 0 saturated heterocycles. The van der Waals surface area contributed by atoms with Crippen LogP contribution < -0.4 is 0 Å². The fourth-order valence-electron chi connectivity index (χ4n) is 3.31. The van der Waals surface area contributed by atoms with Gasteiger partial charge in [0.05, 0.1) is 12.9 Å². The lowest BCUT2D eigenvalue weighted by molar-refractivity contribution is 0.0967. The van der Waals surface area contributed by atoms with Gasteiger partial charge in [0.25, 0.3) is 6.02 Å². The Morgan fingerprint density at radius 2 is 1.63 bits per heavy atom. The van der Waals surface area contributed by atoms with Gasteiger partial charge >= 0.3 is 5.91 Å². The van der Waals surface area contributed by atoms with Gasteiger partial charge in [-0.25, -0.2) is 0 Å². The second-order valence-electron chi connectivity index (χ2n) is 6.28. The number of rotatable bonds is 2. The first kappa shape index (κ1) is 17.1. The number of aliphatic imine (C=N–C) groups is 1. The van der Waals surface area contributed by atoms with Gasteiger partial charge in [-0.3, -0.25) is 4.79 Å². The third-order valence-electron chi connectivity index (χ3n) is 4.52. The smallest absolute Gasteiger partial charge is 0.317 e. The van der Waals surface area contributed by atoms with Gasteiger partial charge in [-0.05, 0) is 41.3 Å². The molecular weight excluding hydrogens is 340 g/mol. The number of amides is 1. The Labute approximate surface area is 157 Å². The molecule has 0 unspecified atom stereocenters. The largest absolute Gasteiger partial charge is 0.465 e. The molecule has 27 heavy (non-hydrogen) atoms. The number of carbonyl (C=O) groups excluding carboxylic acids is 1. The molecular formula is C22H20N2O3. The van der Waals surface area contributed by atoms with Crippen molar-refractivity contribution in [2.24, 2.45) is 4.99 Å². The van der Waals surface area contributed by atoms with Crippen molar-refractivity contribution < 1.29 is 13.9 Å². The first-order valence-corrected chi connectivity index (χ1v) is 8.96. The standard InChI is InChI=1S/C22H20N2O3/c1-2-26-22(23-21(25)20-12-7-13-27-20)24-14-16-8-3-5-10-18(16)19-11-6-4-9-17(19)15-24/h3-13H,2,14-15H2,1H3. The summed E-state index contributed by atoms with van der Waals surface area (Å²) in [7, 11) is 0. The number of benzene rings is 2. The molecule has 0 N–H and O–H groups in total. The number of furan rings is 1. The highest BCUT2D eigenvalue weighted by Crippen LogP contribution is 2.32. The lowest BCUT2D eigenvalue weighted by atomic mass is 9.97. The third kappa shape index (κ3) is 3.49. The number of hydrogen-bond acceptors (Lipinski definition) is 3. The maximum Gasteiger partial charge on any atom is 0.317 e. The van der Waals surface area contributed by atoms with E-state index in [4.69, 9.17) is 9.15 Å². The summed E-state index contributed by atoms with van der Waals surface area (Å²) in [6, 6.07) is 20.2. The highest BCUT2D eigenvalue weighted by Gasteiger charge is 2.23. The van der Waals surface area contributed by atoms with Crippen LogP contribution in [-0.2, 0) is 17.8 Å². The quantitative estimate of drug-likeness (QED) is 0.499. The van der Waals surface area contributed by atoms with Crippen LogP contribution in [0.4, 0.5) is 0 Å². The molecule has 2 aromatic carbocycles. The summed E-state index contributed by atoms with van der Waals surface area (Å²) in [4.78, 5) is 18.6. The van der Waals surface area contributed by atoms with Crippen LogP contribution in [-0.4, -0.2) is 23.4 Å². The Hall–Kier alpha value is -3.34. The Kier molecular flexibility index (Phi) is 4.75. The summed E-state index contributed by atoms with van der Waals surface area (Å²) in [5.41, 5.74) is 4.73. The lowest BCUT2D eigenvalue weighted by Crippen LogP contribution is -2.32. The van der Waals surface area contributed by atoms with Crippen LogP contribution in [0.1, 0.15) is 28.6 Å². The van der Waals surface area contributed by atoms with Crippen LogP contribution in [0, 0.1) is 0 Å². The van der Waals surface area contributed by atoms with Gasteiger partial charge < -0.3 is 14.1 Å². The second-order valence-corrected chi connectivity index (χ2v) is 6.28. The average molecular weight is 360 g/mol. The minimum Gasteiger partial charge on any atom is -0.465 e. The third-order valence-corrected chi connectivity index (χ3v) is 4.52. The SMILES string of the molecule is CCOC(=NC(=O)c1ccco1)N1Cc2ccccc2-c2ccccc2C1. The molecule has 1 aliphatic heterocycles. The fourth-order valence-corrected chi connectivity index (χ4v) is 3.31. The van der Waals surface area contributed by atoms with Crippen molar-refractivity contribution in [1.29, 1.82) is 0 Å². The fraction of sp³-hybridized carbons (Fsp3) is 0.182. The van der Waals surface area contributed by atoms with E-state index in [1.807, 2.05) is 36.1 Å². The van der Waals surface area contributed by atoms with Crippen LogP contribution >= 0.6 is 0 Å². The van der Waals surface area contributed by atoms with E-state index in [2.05, 4.69) is 29.3 Å². The topological polar surface area (TPSA) is 55.0 Å². The minimum absolute atomic E-state index is 0.197. The first-order valence-electron chi connectivity index (χ1n) is 8.96. The summed E-state index contributed by atoms with van der Waals surface area (Å²) in [5.74, 6) is -0.253. The Morgan fingerprint density at radius 3 is 2.19 bits per heavy atom. The van der Waals surface area contributed by atoms with Crippen LogP contribution in [0.3, 0.4) is 0 Å². The molecule has 0 spiro atoms. The monoisotopic (exact) mass is 360 g/mol. The number of fused-ring (bicyclic) bond motifs is 3. The molecule has 1 amide bonds. The van der Waals surface area contributed by atoms with E-state index in [0.717, 1.165) is 0 Å². The summed E-state index contributed by atoms with van der Waals surface area (Å²) >= 11 is 0. The van der Waals surface area contributed by atoms with Gasteiger partial charge in [-0.15, -0.1) is 0 Å². The van der Waals surface area contributed by atoms with Crippen molar-refractivity contribution in [2.75, 3.05) is 6.61 Å². The zero-order valence-corrected chi connectivity index (χ0v) is 15.1. The summed E-state index contributed by atoms with van der Waals surface area (Å²) in [6.07, 6.45) is 1.46. The summed E-state index contributed by atoms with van der Waals surface area (Å²) < 4.78 is 10.9. The van der Waals surface area contributed by atoms with Gasteiger partial charge in [0.2, 0.25) is 0 Å². The molecule has 4 rings (SSSR count). The highest BCUT2D eigenvalue weighted by atomic mass is 16.5. The molecule has 0 atom stereocenters. The van der Waals surface area contributed by atoms with Crippen LogP contribution in [0.25, 0.3) is 11.1 Å². The van der Waals surface area contributed by atoms with Gasteiger partial charge in [0.1, 0.15) is 0 Å². The number of nitrogens with zero attached hydrogens (tertiary/aromatic N) is 2. The maximum atomic E-state index is 12.4. The summed E-state index contributed by atoms with van der Waals surface area (Å²) in [5, 5.41) is 0. The molecule has 0 radical (unpaired) electrons. The average Bonchev–Trinajstić information content (AvgIpc) is 3.17. The van der Waals surface area contributed by atoms with Crippen LogP contribution in [0.5, 0.6) is 0 Å². The van der Waals surface area contributed by atoms with Crippen LogP contribution in [0.2, 0.25) is 0 Å². The zero-order valence-electron chi connectivity index (χ0n) is 15.1. The highest BCUT2D eigenvalue weighted by molar-refractivity contribution is 5.99. The second kappa shape index (κ2) is 7.50. The molecule has 5 heteroatoms. The van der Waals surface area contributed by atoms with Gasteiger partial charge in [-0.2, -0.15) is 4.99 Å². The molecule has 136 valence electrons. The van der Waals surface area contributed by atoms with Crippen molar-refractivity contribution in [2.45, 2.75) is 20.0 Å². The summed E-state index contributed by atoms with van der Waals surface area (Å²) in [6.45, 7) is 3.51. The Bertz CT molecular complexity index is 929. The molecule has 1 aliphatic rings. The van der Waals surface area contributed by atoms with Gasteiger partial charge in [0, 0.05) is 13.1 Å². The van der Waals surface area contributed by atoms with Gasteiger partial charge in [0.15, 0.2) is 5.76 Å². The van der Waals surface area contributed by atoms with Crippen molar-refractivity contribution in [1.82, 2.24) is 4.90 Å². The number of hydrogen-bond donors (Lipinski definition) is 0. The van der Waals surface area contributed by atoms with E-state index in [9.17, 15) is 4.79 Å². The van der Waals surface area contributed by atoms with E-state index in [0.29, 0.717) is 25.7 Å². The molecule has 3 aromatic rings. The normalized spacial score (nSPS) is 13.5. The predicted molar refractivity (Wildman–Crippen MR) is 103 cm³/mol. The number of ether oxygens (including phenoxy) is 1. The molecule has 2 heterocycles. The zero-order chi connectivity index (χ0) is 18.6. The predicted octanol–water partition coefficient (Wildman–Crippen LogP) is 4.50. The Balaban J connectivity index is 1.75. The van der Waals surface area contributed by atoms with E-state index in [1.54, 1.807) is 12.1 Å². The molecule has 5 nitrogen and oxygen atoms in total. The van der Waals surface area contributed by atoms with Crippen molar-refractivity contribution >= 4 is 11.9 Å². The molecule has 0 fully saturated rings. The van der Waals surface area contributed by atoms with Gasteiger partial charge in [-0.1, -0.05) is 48.5 Å². The van der Waals surface area contributed by atoms with Crippen molar-refractivity contribution in [3.8, 4) is 11.1 Å². The van der Waals surface area contributed by atoms with E-state index in [-0.39, 0.29) is 5.76 Å². The first-order chi connectivity index (χ1) is 13.3. The molecule has 1 aromatic heterocycles. The Morgan fingerprint density at radius 1 is 1.00 bits per heavy atom.